The van der Waals surface area contributed by atoms with E-state index < -0.39 is 11.6 Å². The Labute approximate surface area is 76.6 Å². The molecule has 0 saturated carbocycles. The largest absolute Gasteiger partial charge is 0.207 e. The van der Waals surface area contributed by atoms with Crippen LogP contribution in [-0.2, 0) is 6.42 Å². The van der Waals surface area contributed by atoms with Gasteiger partial charge in [0.1, 0.15) is 11.6 Å². The zero-order valence-electron chi connectivity index (χ0n) is 7.40. The topological polar surface area (TPSA) is 0 Å². The second-order valence-electron chi connectivity index (χ2n) is 2.86. The molecular formula is C11H10F2. The van der Waals surface area contributed by atoms with Gasteiger partial charge in [0.25, 0.3) is 0 Å². The van der Waals surface area contributed by atoms with Crippen molar-refractivity contribution in [3.05, 3.63) is 34.9 Å². The minimum atomic E-state index is -0.515. The SMILES string of the molecule is C#CCCc1c(F)ccc(C)c1F. The lowest BCUT2D eigenvalue weighted by atomic mass is 10.1. The Morgan fingerprint density at radius 1 is 1.38 bits per heavy atom. The average molecular weight is 180 g/mol. The highest BCUT2D eigenvalue weighted by Gasteiger charge is 2.09. The predicted octanol–water partition coefficient (Wildman–Crippen LogP) is 2.84. The molecule has 0 bridgehead atoms. The van der Waals surface area contributed by atoms with E-state index in [4.69, 9.17) is 6.42 Å². The molecule has 2 heteroatoms. The summed E-state index contributed by atoms with van der Waals surface area (Å²) in [5.41, 5.74) is 0.548. The van der Waals surface area contributed by atoms with E-state index in [0.717, 1.165) is 0 Å². The van der Waals surface area contributed by atoms with Gasteiger partial charge in [0.15, 0.2) is 0 Å². The van der Waals surface area contributed by atoms with Crippen LogP contribution >= 0.6 is 0 Å². The van der Waals surface area contributed by atoms with Crippen molar-refractivity contribution in [3.8, 4) is 12.3 Å². The molecule has 68 valence electrons. The summed E-state index contributed by atoms with van der Waals surface area (Å²) >= 11 is 0. The Bertz CT molecular complexity index is 348. The third kappa shape index (κ3) is 2.06. The number of rotatable bonds is 2. The van der Waals surface area contributed by atoms with Crippen molar-refractivity contribution in [1.29, 1.82) is 0 Å². The summed E-state index contributed by atoms with van der Waals surface area (Å²) in [5, 5.41) is 0. The number of halogens is 2. The highest BCUT2D eigenvalue weighted by Crippen LogP contribution is 2.17. The Balaban J connectivity index is 3.04. The molecule has 0 amide bonds. The van der Waals surface area contributed by atoms with Crippen LogP contribution in [-0.4, -0.2) is 0 Å². The molecule has 0 aliphatic carbocycles. The van der Waals surface area contributed by atoms with Gasteiger partial charge in [0.05, 0.1) is 0 Å². The summed E-state index contributed by atoms with van der Waals surface area (Å²) in [6.07, 6.45) is 5.64. The van der Waals surface area contributed by atoms with Crippen LogP contribution in [0.3, 0.4) is 0 Å². The molecule has 1 rings (SSSR count). The van der Waals surface area contributed by atoms with Crippen molar-refractivity contribution < 1.29 is 8.78 Å². The smallest absolute Gasteiger partial charge is 0.132 e. The van der Waals surface area contributed by atoms with E-state index in [0.29, 0.717) is 12.0 Å². The lowest BCUT2D eigenvalue weighted by molar-refractivity contribution is 0.550. The van der Waals surface area contributed by atoms with Gasteiger partial charge in [0, 0.05) is 12.0 Å². The van der Waals surface area contributed by atoms with Crippen molar-refractivity contribution in [3.63, 3.8) is 0 Å². The van der Waals surface area contributed by atoms with Crippen molar-refractivity contribution in [2.45, 2.75) is 19.8 Å². The standard InChI is InChI=1S/C11H10F2/c1-3-4-5-9-10(12)7-6-8(2)11(9)13/h1,6-7H,4-5H2,2H3. The van der Waals surface area contributed by atoms with Crippen molar-refractivity contribution in [1.82, 2.24) is 0 Å². The maximum atomic E-state index is 13.3. The Morgan fingerprint density at radius 3 is 2.69 bits per heavy atom. The summed E-state index contributed by atoms with van der Waals surface area (Å²) in [5.74, 6) is 1.36. The average Bonchev–Trinajstić information content (AvgIpc) is 2.12. The van der Waals surface area contributed by atoms with Gasteiger partial charge in [-0.3, -0.25) is 0 Å². The Hall–Kier alpha value is -1.36. The van der Waals surface area contributed by atoms with Gasteiger partial charge in [0.2, 0.25) is 0 Å². The monoisotopic (exact) mass is 180 g/mol. The highest BCUT2D eigenvalue weighted by molar-refractivity contribution is 5.27. The van der Waals surface area contributed by atoms with Crippen molar-refractivity contribution in [2.75, 3.05) is 0 Å². The lowest BCUT2D eigenvalue weighted by Gasteiger charge is -2.04. The van der Waals surface area contributed by atoms with Gasteiger partial charge in [-0.25, -0.2) is 8.78 Å². The van der Waals surface area contributed by atoms with Crippen LogP contribution in [0, 0.1) is 30.9 Å². The van der Waals surface area contributed by atoms with E-state index in [-0.39, 0.29) is 12.0 Å². The first-order chi connectivity index (χ1) is 6.16. The molecule has 0 aromatic heterocycles. The van der Waals surface area contributed by atoms with E-state index >= 15 is 0 Å². The van der Waals surface area contributed by atoms with Crippen molar-refractivity contribution >= 4 is 0 Å². The highest BCUT2D eigenvalue weighted by atomic mass is 19.1. The normalized spacial score (nSPS) is 9.69. The number of aryl methyl sites for hydroxylation is 1. The summed E-state index contributed by atoms with van der Waals surface area (Å²) < 4.78 is 26.3. The third-order valence-electron chi connectivity index (χ3n) is 1.90. The molecule has 0 radical (unpaired) electrons. The van der Waals surface area contributed by atoms with Crippen molar-refractivity contribution in [2.24, 2.45) is 0 Å². The van der Waals surface area contributed by atoms with Gasteiger partial charge in [-0.15, -0.1) is 12.3 Å². The molecule has 1 aromatic rings. The fraction of sp³-hybridized carbons (Fsp3) is 0.273. The van der Waals surface area contributed by atoms with E-state index in [9.17, 15) is 8.78 Å². The van der Waals surface area contributed by atoms with Crippen LogP contribution in [0.4, 0.5) is 8.78 Å². The van der Waals surface area contributed by atoms with Gasteiger partial charge in [-0.2, -0.15) is 0 Å². The molecule has 0 N–H and O–H groups in total. The molecule has 1 aromatic carbocycles. The number of hydrogen-bond donors (Lipinski definition) is 0. The number of hydrogen-bond acceptors (Lipinski definition) is 0. The molecule has 0 fully saturated rings. The molecule has 0 nitrogen and oxygen atoms in total. The van der Waals surface area contributed by atoms with E-state index in [2.05, 4.69) is 5.92 Å². The summed E-state index contributed by atoms with van der Waals surface area (Å²) in [4.78, 5) is 0. The van der Waals surface area contributed by atoms with Crippen LogP contribution in [0.5, 0.6) is 0 Å². The molecule has 0 spiro atoms. The van der Waals surface area contributed by atoms with E-state index in [1.165, 1.54) is 12.1 Å². The molecule has 0 saturated heterocycles. The van der Waals surface area contributed by atoms with Crippen LogP contribution in [0.15, 0.2) is 12.1 Å². The second kappa shape index (κ2) is 4.04. The van der Waals surface area contributed by atoms with Gasteiger partial charge in [-0.05, 0) is 25.0 Å². The Morgan fingerprint density at radius 2 is 2.08 bits per heavy atom. The lowest BCUT2D eigenvalue weighted by Crippen LogP contribution is -1.97. The number of benzene rings is 1. The second-order valence-corrected chi connectivity index (χ2v) is 2.86. The first kappa shape index (κ1) is 9.73. The zero-order valence-corrected chi connectivity index (χ0v) is 7.40. The quantitative estimate of drug-likeness (QED) is 0.614. The van der Waals surface area contributed by atoms with Gasteiger partial charge >= 0.3 is 0 Å². The Kier molecular flexibility index (Phi) is 3.02. The maximum Gasteiger partial charge on any atom is 0.132 e. The third-order valence-corrected chi connectivity index (χ3v) is 1.90. The summed E-state index contributed by atoms with van der Waals surface area (Å²) in [6.45, 7) is 1.61. The molecule has 0 unspecified atom stereocenters. The molecular weight excluding hydrogens is 170 g/mol. The zero-order chi connectivity index (χ0) is 9.84. The maximum absolute atomic E-state index is 13.3. The predicted molar refractivity (Wildman–Crippen MR) is 48.2 cm³/mol. The van der Waals surface area contributed by atoms with Crippen LogP contribution in [0.25, 0.3) is 0 Å². The van der Waals surface area contributed by atoms with E-state index in [1.807, 2.05) is 0 Å². The fourth-order valence-electron chi connectivity index (χ4n) is 1.14. The molecule has 0 aliphatic heterocycles. The first-order valence-corrected chi connectivity index (χ1v) is 4.03. The minimum absolute atomic E-state index is 0.0953. The van der Waals surface area contributed by atoms with Crippen LogP contribution < -0.4 is 0 Å². The minimum Gasteiger partial charge on any atom is -0.207 e. The summed E-state index contributed by atoms with van der Waals surface area (Å²) in [6, 6.07) is 2.69. The number of terminal acetylenes is 1. The molecule has 0 atom stereocenters. The molecule has 0 aliphatic rings. The summed E-state index contributed by atoms with van der Waals surface area (Å²) in [7, 11) is 0. The van der Waals surface area contributed by atoms with E-state index in [1.54, 1.807) is 6.92 Å². The molecule has 13 heavy (non-hydrogen) atoms. The van der Waals surface area contributed by atoms with Crippen LogP contribution in [0.2, 0.25) is 0 Å². The molecule has 0 heterocycles. The van der Waals surface area contributed by atoms with Gasteiger partial charge in [-0.1, -0.05) is 6.07 Å². The first-order valence-electron chi connectivity index (χ1n) is 4.03. The van der Waals surface area contributed by atoms with Crippen LogP contribution in [0.1, 0.15) is 17.5 Å². The van der Waals surface area contributed by atoms with Gasteiger partial charge < -0.3 is 0 Å². The fourth-order valence-corrected chi connectivity index (χ4v) is 1.14.